The molecular formula is C22H25N3O4S. The van der Waals surface area contributed by atoms with Crippen molar-refractivity contribution in [1.82, 2.24) is 14.7 Å². The number of carbonyl (C=O) groups excluding carboxylic acids is 1. The highest BCUT2D eigenvalue weighted by atomic mass is 32.1. The summed E-state index contributed by atoms with van der Waals surface area (Å²) in [7, 11) is 3.15. The normalized spacial score (nSPS) is 13.9. The van der Waals surface area contributed by atoms with Crippen LogP contribution in [0.15, 0.2) is 29.2 Å². The van der Waals surface area contributed by atoms with Crippen LogP contribution in [0, 0.1) is 0 Å². The molecule has 3 aromatic rings. The average molecular weight is 428 g/mol. The minimum Gasteiger partial charge on any atom is -0.497 e. The summed E-state index contributed by atoms with van der Waals surface area (Å²) in [6.45, 7) is 0.211. The van der Waals surface area contributed by atoms with E-state index in [9.17, 15) is 9.59 Å². The van der Waals surface area contributed by atoms with Crippen LogP contribution in [0.3, 0.4) is 0 Å². The summed E-state index contributed by atoms with van der Waals surface area (Å²) in [6.07, 6.45) is 7.78. The van der Waals surface area contributed by atoms with Gasteiger partial charge in [0.15, 0.2) is 4.96 Å². The minimum atomic E-state index is -0.447. The summed E-state index contributed by atoms with van der Waals surface area (Å²) >= 11 is 1.57. The Balaban J connectivity index is 1.62. The van der Waals surface area contributed by atoms with Gasteiger partial charge >= 0.3 is 0 Å². The highest BCUT2D eigenvalue weighted by molar-refractivity contribution is 7.17. The molecule has 1 aromatic carbocycles. The van der Waals surface area contributed by atoms with Gasteiger partial charge in [0.25, 0.3) is 11.5 Å². The number of benzene rings is 1. The molecule has 0 saturated carbocycles. The number of thiazole rings is 1. The van der Waals surface area contributed by atoms with Crippen LogP contribution in [0.5, 0.6) is 11.5 Å². The van der Waals surface area contributed by atoms with Gasteiger partial charge in [0.2, 0.25) is 0 Å². The summed E-state index contributed by atoms with van der Waals surface area (Å²) in [5.74, 6) is 0.860. The second-order valence-electron chi connectivity index (χ2n) is 7.34. The average Bonchev–Trinajstić information content (AvgIpc) is 3.09. The molecule has 30 heavy (non-hydrogen) atoms. The van der Waals surface area contributed by atoms with Crippen molar-refractivity contribution in [2.75, 3.05) is 14.2 Å². The Morgan fingerprint density at radius 3 is 2.73 bits per heavy atom. The highest BCUT2D eigenvalue weighted by Crippen LogP contribution is 2.27. The molecule has 0 bridgehead atoms. The molecule has 2 heterocycles. The van der Waals surface area contributed by atoms with Crippen molar-refractivity contribution < 1.29 is 14.3 Å². The van der Waals surface area contributed by atoms with Crippen LogP contribution in [0.4, 0.5) is 0 Å². The lowest BCUT2D eigenvalue weighted by atomic mass is 10.0. The van der Waals surface area contributed by atoms with Crippen LogP contribution in [0.2, 0.25) is 0 Å². The van der Waals surface area contributed by atoms with Gasteiger partial charge in [0.05, 0.1) is 14.2 Å². The molecule has 8 heteroatoms. The molecule has 7 nitrogen and oxygen atoms in total. The fraction of sp³-hybridized carbons (Fsp3) is 0.409. The van der Waals surface area contributed by atoms with Gasteiger partial charge in [0.1, 0.15) is 17.1 Å². The molecule has 1 amide bonds. The molecule has 0 spiro atoms. The van der Waals surface area contributed by atoms with Crippen LogP contribution < -0.4 is 20.3 Å². The van der Waals surface area contributed by atoms with Gasteiger partial charge < -0.3 is 14.8 Å². The fourth-order valence-electron chi connectivity index (χ4n) is 3.87. The third kappa shape index (κ3) is 3.92. The van der Waals surface area contributed by atoms with Crippen LogP contribution in [0.1, 0.15) is 52.2 Å². The number of hydrogen-bond acceptors (Lipinski definition) is 6. The number of methoxy groups -OCH3 is 2. The first kappa shape index (κ1) is 20.4. The maximum Gasteiger partial charge on any atom is 0.271 e. The maximum absolute atomic E-state index is 13.2. The number of aryl methyl sites for hydroxylation is 2. The summed E-state index contributed by atoms with van der Waals surface area (Å²) in [4.78, 5) is 32.3. The smallest absolute Gasteiger partial charge is 0.271 e. The Labute approximate surface area is 178 Å². The number of nitrogens with zero attached hydrogens (tertiary/aromatic N) is 2. The lowest BCUT2D eigenvalue weighted by Crippen LogP contribution is -2.31. The van der Waals surface area contributed by atoms with Crippen LogP contribution in [-0.2, 0) is 19.4 Å². The number of rotatable bonds is 5. The quantitative estimate of drug-likeness (QED) is 0.675. The Kier molecular flexibility index (Phi) is 6.03. The molecule has 0 radical (unpaired) electrons. The number of carbonyl (C=O) groups is 1. The highest BCUT2D eigenvalue weighted by Gasteiger charge is 2.20. The van der Waals surface area contributed by atoms with E-state index < -0.39 is 5.91 Å². The standard InChI is InChI=1S/C22H25N3O4S/c1-28-15-9-10-18(29-2)14(11-15)12-23-20(26)16-13-24-22-25(21(16)27)17-7-5-3-4-6-8-19(17)30-22/h9-11,13H,3-8,12H2,1-2H3,(H,23,26). The molecule has 1 aliphatic rings. The van der Waals surface area contributed by atoms with E-state index in [0.717, 1.165) is 36.9 Å². The first-order valence-corrected chi connectivity index (χ1v) is 11.0. The number of aromatic nitrogens is 2. The van der Waals surface area contributed by atoms with E-state index in [1.54, 1.807) is 48.2 Å². The second kappa shape index (κ2) is 8.87. The van der Waals surface area contributed by atoms with E-state index in [1.807, 2.05) is 0 Å². The lowest BCUT2D eigenvalue weighted by Gasteiger charge is -2.12. The second-order valence-corrected chi connectivity index (χ2v) is 8.40. The minimum absolute atomic E-state index is 0.0528. The molecule has 2 aromatic heterocycles. The maximum atomic E-state index is 13.2. The predicted octanol–water partition coefficient (Wildman–Crippen LogP) is 3.36. The molecule has 0 saturated heterocycles. The third-order valence-corrected chi connectivity index (χ3v) is 6.63. The van der Waals surface area contributed by atoms with Gasteiger partial charge in [0, 0.05) is 28.9 Å². The topological polar surface area (TPSA) is 81.9 Å². The molecule has 4 rings (SSSR count). The van der Waals surface area contributed by atoms with E-state index in [1.165, 1.54) is 23.9 Å². The van der Waals surface area contributed by atoms with Gasteiger partial charge in [-0.25, -0.2) is 4.98 Å². The predicted molar refractivity (Wildman–Crippen MR) is 116 cm³/mol. The van der Waals surface area contributed by atoms with Crippen LogP contribution in [-0.4, -0.2) is 29.5 Å². The molecule has 158 valence electrons. The molecular weight excluding hydrogens is 402 g/mol. The lowest BCUT2D eigenvalue weighted by molar-refractivity contribution is 0.0948. The van der Waals surface area contributed by atoms with E-state index in [4.69, 9.17) is 9.47 Å². The van der Waals surface area contributed by atoms with E-state index >= 15 is 0 Å². The van der Waals surface area contributed by atoms with E-state index in [-0.39, 0.29) is 17.7 Å². The summed E-state index contributed by atoms with van der Waals surface area (Å²) < 4.78 is 12.2. The zero-order valence-corrected chi connectivity index (χ0v) is 18.0. The molecule has 0 fully saturated rings. The van der Waals surface area contributed by atoms with Crippen molar-refractivity contribution in [3.63, 3.8) is 0 Å². The number of fused-ring (bicyclic) bond motifs is 3. The number of hydrogen-bond donors (Lipinski definition) is 1. The van der Waals surface area contributed by atoms with E-state index in [2.05, 4.69) is 10.3 Å². The SMILES string of the molecule is COc1ccc(OC)c(CNC(=O)c2cnc3sc4c(n3c2=O)CCCCCC4)c1. The zero-order valence-electron chi connectivity index (χ0n) is 17.2. The number of amides is 1. The molecule has 1 aliphatic carbocycles. The first-order valence-electron chi connectivity index (χ1n) is 10.1. The third-order valence-electron chi connectivity index (χ3n) is 5.47. The van der Waals surface area contributed by atoms with Gasteiger partial charge in [-0.05, 0) is 43.9 Å². The van der Waals surface area contributed by atoms with Gasteiger partial charge in [-0.1, -0.05) is 12.8 Å². The van der Waals surface area contributed by atoms with Gasteiger partial charge in [-0.2, -0.15) is 0 Å². The Bertz CT molecular complexity index is 1140. The largest absolute Gasteiger partial charge is 0.497 e. The van der Waals surface area contributed by atoms with Crippen LogP contribution >= 0.6 is 11.3 Å². The monoisotopic (exact) mass is 427 g/mol. The fourth-order valence-corrected chi connectivity index (χ4v) is 5.04. The van der Waals surface area contributed by atoms with Gasteiger partial charge in [-0.15, -0.1) is 11.3 Å². The summed E-state index contributed by atoms with van der Waals surface area (Å²) in [5, 5.41) is 2.82. The number of ether oxygens (including phenoxy) is 2. The van der Waals surface area contributed by atoms with E-state index in [0.29, 0.717) is 16.5 Å². The van der Waals surface area contributed by atoms with Gasteiger partial charge in [-0.3, -0.25) is 14.0 Å². The van der Waals surface area contributed by atoms with Crippen molar-refractivity contribution in [2.24, 2.45) is 0 Å². The molecule has 0 aliphatic heterocycles. The molecule has 0 atom stereocenters. The Morgan fingerprint density at radius 2 is 1.97 bits per heavy atom. The first-order chi connectivity index (χ1) is 14.6. The van der Waals surface area contributed by atoms with Crippen LogP contribution in [0.25, 0.3) is 4.96 Å². The molecule has 0 unspecified atom stereocenters. The zero-order chi connectivity index (χ0) is 21.1. The number of nitrogens with one attached hydrogen (secondary N) is 1. The van der Waals surface area contributed by atoms with Crippen molar-refractivity contribution in [3.8, 4) is 11.5 Å². The summed E-state index contributed by atoms with van der Waals surface area (Å²) in [5.41, 5.74) is 1.54. The van der Waals surface area contributed by atoms with Crippen molar-refractivity contribution >= 4 is 22.2 Å². The Hall–Kier alpha value is -2.87. The molecule has 1 N–H and O–H groups in total. The van der Waals surface area contributed by atoms with Crippen molar-refractivity contribution in [3.05, 3.63) is 56.4 Å². The van der Waals surface area contributed by atoms with Crippen molar-refractivity contribution in [1.29, 1.82) is 0 Å². The Morgan fingerprint density at radius 1 is 1.17 bits per heavy atom. The van der Waals surface area contributed by atoms with Crippen molar-refractivity contribution in [2.45, 2.75) is 45.1 Å². The summed E-state index contributed by atoms with van der Waals surface area (Å²) in [6, 6.07) is 5.38.